The summed E-state index contributed by atoms with van der Waals surface area (Å²) in [6, 6.07) is 11.2. The number of aryl methyl sites for hydroxylation is 1. The van der Waals surface area contributed by atoms with E-state index in [2.05, 4.69) is 5.32 Å². The number of nitrogens with one attached hydrogen (secondary N) is 1. The second-order valence-corrected chi connectivity index (χ2v) is 4.23. The molecule has 0 aliphatic rings. The minimum Gasteiger partial charge on any atom is -0.469 e. The number of rotatable bonds is 5. The maximum atomic E-state index is 11.7. The zero-order valence-electron chi connectivity index (χ0n) is 9.86. The molecule has 1 N–H and O–H groups in total. The first-order valence-electron chi connectivity index (χ1n) is 5.75. The van der Waals surface area contributed by atoms with Gasteiger partial charge in [0.1, 0.15) is 5.76 Å². The van der Waals surface area contributed by atoms with E-state index in [-0.39, 0.29) is 5.91 Å². The van der Waals surface area contributed by atoms with Crippen molar-refractivity contribution in [3.8, 4) is 0 Å². The molecular formula is C14H14ClNO2. The summed E-state index contributed by atoms with van der Waals surface area (Å²) in [7, 11) is 0. The summed E-state index contributed by atoms with van der Waals surface area (Å²) >= 11 is 5.74. The molecule has 1 heterocycles. The zero-order valence-corrected chi connectivity index (χ0v) is 10.6. The number of hydrogen-bond acceptors (Lipinski definition) is 2. The van der Waals surface area contributed by atoms with Crippen molar-refractivity contribution in [2.75, 3.05) is 5.32 Å². The molecule has 0 aliphatic carbocycles. The predicted molar refractivity (Wildman–Crippen MR) is 71.7 cm³/mol. The standard InChI is InChI=1S/C14H14ClNO2/c15-10-11-3-1-4-12(9-11)16-14(17)7-6-13-5-2-8-18-13/h1-5,8-9H,6-7,10H2,(H,16,17). The third-order valence-corrected chi connectivity index (χ3v) is 2.85. The average Bonchev–Trinajstić information content (AvgIpc) is 2.90. The van der Waals surface area contributed by atoms with Crippen LogP contribution in [0.25, 0.3) is 0 Å². The molecule has 1 amide bonds. The first-order valence-corrected chi connectivity index (χ1v) is 6.28. The van der Waals surface area contributed by atoms with Gasteiger partial charge >= 0.3 is 0 Å². The molecule has 0 aliphatic heterocycles. The summed E-state index contributed by atoms with van der Waals surface area (Å²) in [6.07, 6.45) is 2.61. The highest BCUT2D eigenvalue weighted by atomic mass is 35.5. The van der Waals surface area contributed by atoms with Gasteiger partial charge in [-0.3, -0.25) is 4.79 Å². The number of carbonyl (C=O) groups excluding carboxylic acids is 1. The van der Waals surface area contributed by atoms with Crippen LogP contribution in [-0.2, 0) is 17.1 Å². The lowest BCUT2D eigenvalue weighted by Crippen LogP contribution is -2.12. The number of benzene rings is 1. The fourth-order valence-corrected chi connectivity index (χ4v) is 1.81. The van der Waals surface area contributed by atoms with Crippen LogP contribution in [0.1, 0.15) is 17.7 Å². The quantitative estimate of drug-likeness (QED) is 0.838. The lowest BCUT2D eigenvalue weighted by Gasteiger charge is -2.05. The van der Waals surface area contributed by atoms with E-state index in [1.54, 1.807) is 6.26 Å². The Kier molecular flexibility index (Phi) is 4.42. The molecule has 0 spiro atoms. The van der Waals surface area contributed by atoms with E-state index in [0.717, 1.165) is 17.0 Å². The number of alkyl halides is 1. The Morgan fingerprint density at radius 3 is 2.89 bits per heavy atom. The monoisotopic (exact) mass is 263 g/mol. The Bertz CT molecular complexity index is 508. The molecule has 3 nitrogen and oxygen atoms in total. The van der Waals surface area contributed by atoms with Crippen molar-refractivity contribution in [3.05, 3.63) is 54.0 Å². The molecule has 1 aromatic carbocycles. The van der Waals surface area contributed by atoms with Crippen molar-refractivity contribution in [1.82, 2.24) is 0 Å². The van der Waals surface area contributed by atoms with Crippen molar-refractivity contribution in [1.29, 1.82) is 0 Å². The van der Waals surface area contributed by atoms with Crippen molar-refractivity contribution in [2.24, 2.45) is 0 Å². The van der Waals surface area contributed by atoms with Gasteiger partial charge in [0, 0.05) is 24.4 Å². The lowest BCUT2D eigenvalue weighted by molar-refractivity contribution is -0.116. The molecule has 1 aromatic heterocycles. The molecule has 0 fully saturated rings. The number of anilines is 1. The van der Waals surface area contributed by atoms with Crippen molar-refractivity contribution < 1.29 is 9.21 Å². The number of halogens is 1. The molecule has 0 saturated carbocycles. The molecule has 0 unspecified atom stereocenters. The van der Waals surface area contributed by atoms with E-state index >= 15 is 0 Å². The highest BCUT2D eigenvalue weighted by Crippen LogP contribution is 2.13. The van der Waals surface area contributed by atoms with Gasteiger partial charge in [-0.25, -0.2) is 0 Å². The second kappa shape index (κ2) is 6.26. The highest BCUT2D eigenvalue weighted by molar-refractivity contribution is 6.17. The number of hydrogen-bond donors (Lipinski definition) is 1. The van der Waals surface area contributed by atoms with E-state index in [9.17, 15) is 4.79 Å². The van der Waals surface area contributed by atoms with Crippen LogP contribution in [0.2, 0.25) is 0 Å². The Labute approximate surface area is 111 Å². The van der Waals surface area contributed by atoms with Crippen LogP contribution >= 0.6 is 11.6 Å². The molecule has 94 valence electrons. The SMILES string of the molecule is O=C(CCc1ccco1)Nc1cccc(CCl)c1. The van der Waals surface area contributed by atoms with Crippen LogP contribution < -0.4 is 5.32 Å². The molecular weight excluding hydrogens is 250 g/mol. The van der Waals surface area contributed by atoms with Crippen LogP contribution in [0.4, 0.5) is 5.69 Å². The molecule has 18 heavy (non-hydrogen) atoms. The summed E-state index contributed by atoms with van der Waals surface area (Å²) < 4.78 is 5.17. The summed E-state index contributed by atoms with van der Waals surface area (Å²) in [5.41, 5.74) is 1.76. The maximum absolute atomic E-state index is 11.7. The Balaban J connectivity index is 1.86. The lowest BCUT2D eigenvalue weighted by atomic mass is 10.2. The van der Waals surface area contributed by atoms with Gasteiger partial charge in [0.2, 0.25) is 5.91 Å². The first-order chi connectivity index (χ1) is 8.78. The third kappa shape index (κ3) is 3.64. The molecule has 0 radical (unpaired) electrons. The predicted octanol–water partition coefficient (Wildman–Crippen LogP) is 3.59. The van der Waals surface area contributed by atoms with Crippen LogP contribution in [0.3, 0.4) is 0 Å². The van der Waals surface area contributed by atoms with Crippen LogP contribution in [0, 0.1) is 0 Å². The topological polar surface area (TPSA) is 42.2 Å². The van der Waals surface area contributed by atoms with Gasteiger partial charge in [-0.15, -0.1) is 11.6 Å². The average molecular weight is 264 g/mol. The molecule has 0 bridgehead atoms. The minimum atomic E-state index is -0.0295. The molecule has 4 heteroatoms. The van der Waals surface area contributed by atoms with Gasteiger partial charge in [-0.05, 0) is 29.8 Å². The fourth-order valence-electron chi connectivity index (χ4n) is 1.65. The molecule has 2 rings (SSSR count). The highest BCUT2D eigenvalue weighted by Gasteiger charge is 2.04. The van der Waals surface area contributed by atoms with Crippen molar-refractivity contribution in [3.63, 3.8) is 0 Å². The molecule has 0 atom stereocenters. The summed E-state index contributed by atoms with van der Waals surface area (Å²) in [4.78, 5) is 11.7. The van der Waals surface area contributed by atoms with E-state index in [0.29, 0.717) is 18.7 Å². The van der Waals surface area contributed by atoms with E-state index in [1.807, 2.05) is 36.4 Å². The molecule has 0 saturated heterocycles. The van der Waals surface area contributed by atoms with Gasteiger partial charge in [0.05, 0.1) is 6.26 Å². The maximum Gasteiger partial charge on any atom is 0.224 e. The summed E-state index contributed by atoms with van der Waals surface area (Å²) in [5, 5.41) is 2.84. The fraction of sp³-hybridized carbons (Fsp3) is 0.214. The number of amides is 1. The van der Waals surface area contributed by atoms with Crippen LogP contribution in [0.15, 0.2) is 47.1 Å². The van der Waals surface area contributed by atoms with Gasteiger partial charge < -0.3 is 9.73 Å². The Morgan fingerprint density at radius 1 is 1.28 bits per heavy atom. The van der Waals surface area contributed by atoms with Gasteiger partial charge in [0.15, 0.2) is 0 Å². The summed E-state index contributed by atoms with van der Waals surface area (Å²) in [5.74, 6) is 1.23. The van der Waals surface area contributed by atoms with E-state index < -0.39 is 0 Å². The van der Waals surface area contributed by atoms with Gasteiger partial charge in [-0.1, -0.05) is 12.1 Å². The smallest absolute Gasteiger partial charge is 0.224 e. The number of furan rings is 1. The second-order valence-electron chi connectivity index (χ2n) is 3.96. The summed E-state index contributed by atoms with van der Waals surface area (Å²) in [6.45, 7) is 0. The van der Waals surface area contributed by atoms with Crippen molar-refractivity contribution >= 4 is 23.2 Å². The Hall–Kier alpha value is -1.74. The van der Waals surface area contributed by atoms with Gasteiger partial charge in [0.25, 0.3) is 0 Å². The van der Waals surface area contributed by atoms with Crippen LogP contribution in [0.5, 0.6) is 0 Å². The van der Waals surface area contributed by atoms with Crippen molar-refractivity contribution in [2.45, 2.75) is 18.7 Å². The molecule has 2 aromatic rings. The largest absolute Gasteiger partial charge is 0.469 e. The first kappa shape index (κ1) is 12.7. The van der Waals surface area contributed by atoms with Crippen LogP contribution in [-0.4, -0.2) is 5.91 Å². The minimum absolute atomic E-state index is 0.0295. The Morgan fingerprint density at radius 2 is 2.17 bits per heavy atom. The number of carbonyl (C=O) groups is 1. The zero-order chi connectivity index (χ0) is 12.8. The normalized spacial score (nSPS) is 10.3. The van der Waals surface area contributed by atoms with Gasteiger partial charge in [-0.2, -0.15) is 0 Å². The van der Waals surface area contributed by atoms with E-state index in [4.69, 9.17) is 16.0 Å². The third-order valence-electron chi connectivity index (χ3n) is 2.54. The van der Waals surface area contributed by atoms with E-state index in [1.165, 1.54) is 0 Å².